The summed E-state index contributed by atoms with van der Waals surface area (Å²) < 4.78 is 87.2. The number of ether oxygens (including phenoxy) is 15. The minimum Gasteiger partial charge on any atom is -0.379 e. The highest BCUT2D eigenvalue weighted by molar-refractivity contribution is 6.12. The van der Waals surface area contributed by atoms with Crippen LogP contribution in [0.1, 0.15) is 190 Å². The summed E-state index contributed by atoms with van der Waals surface area (Å²) in [4.78, 5) is 98.9. The lowest BCUT2D eigenvalue weighted by Gasteiger charge is -2.17. The molecule has 0 bridgehead atoms. The summed E-state index contributed by atoms with van der Waals surface area (Å²) in [6, 6.07) is -0.156. The fourth-order valence-corrected chi connectivity index (χ4v) is 12.9. The first-order valence-electron chi connectivity index (χ1n) is 49.1. The predicted molar refractivity (Wildman–Crippen MR) is 525 cm³/mol. The number of hydrogen-bond donors (Lipinski definition) is 4. The van der Waals surface area contributed by atoms with Gasteiger partial charge in [-0.15, -0.1) is 15.3 Å². The Labute approximate surface area is 824 Å². The topological polar surface area (TPSA) is 428 Å². The predicted octanol–water partition coefficient (Wildman–Crippen LogP) is 9.41. The smallest absolute Gasteiger partial charge is 0.314 e. The van der Waals surface area contributed by atoms with E-state index in [0.29, 0.717) is 300 Å². The van der Waals surface area contributed by atoms with E-state index in [2.05, 4.69) is 155 Å². The van der Waals surface area contributed by atoms with E-state index in [1.807, 2.05) is 10.9 Å². The van der Waals surface area contributed by atoms with Crippen LogP contribution in [0.5, 0.6) is 0 Å². The van der Waals surface area contributed by atoms with E-state index in [-0.39, 0.29) is 60.5 Å². The van der Waals surface area contributed by atoms with Gasteiger partial charge in [0.05, 0.1) is 256 Å². The maximum Gasteiger partial charge on any atom is 0.314 e. The first-order chi connectivity index (χ1) is 66.6. The highest BCUT2D eigenvalue weighted by atomic mass is 16.6. The molecule has 0 atom stereocenters. The van der Waals surface area contributed by atoms with Gasteiger partial charge in [-0.25, -0.2) is 14.2 Å². The van der Waals surface area contributed by atoms with Crippen LogP contribution in [0.2, 0.25) is 0 Å². The van der Waals surface area contributed by atoms with Crippen LogP contribution in [0.15, 0.2) is 104 Å². The molecular weight excluding hydrogens is 1800 g/mol. The Morgan fingerprint density at radius 2 is 0.496 bits per heavy atom. The van der Waals surface area contributed by atoms with Crippen LogP contribution in [0, 0.1) is 21.7 Å². The summed E-state index contributed by atoms with van der Waals surface area (Å²) in [6.07, 6.45) is 31.7. The summed E-state index contributed by atoms with van der Waals surface area (Å²) >= 11 is 0. The number of carbonyl (C=O) groups excluding carboxylic acids is 8. The number of nitrogens with zero attached hydrogens (tertiary/aromatic N) is 13. The highest BCUT2D eigenvalue weighted by Gasteiger charge is 2.26. The van der Waals surface area contributed by atoms with Gasteiger partial charge in [0, 0.05) is 93.0 Å². The Kier molecular flexibility index (Phi) is 64.8. The third-order valence-electron chi connectivity index (χ3n) is 20.6. The molecule has 4 aliphatic rings. The van der Waals surface area contributed by atoms with Gasteiger partial charge in [-0.1, -0.05) is 144 Å². The Morgan fingerprint density at radius 1 is 0.266 bits per heavy atom. The van der Waals surface area contributed by atoms with Crippen LogP contribution >= 0.6 is 0 Å². The second-order valence-corrected chi connectivity index (χ2v) is 38.0. The summed E-state index contributed by atoms with van der Waals surface area (Å²) in [6.45, 7) is 57.8. The third-order valence-corrected chi connectivity index (χ3v) is 20.6. The van der Waals surface area contributed by atoms with E-state index in [4.69, 9.17) is 71.1 Å². The van der Waals surface area contributed by atoms with E-state index in [0.717, 1.165) is 94.4 Å². The van der Waals surface area contributed by atoms with Crippen LogP contribution in [0.3, 0.4) is 0 Å². The molecule has 7 rings (SSSR count). The molecule has 0 spiro atoms. The molecule has 0 aliphatic carbocycles. The van der Waals surface area contributed by atoms with Crippen molar-refractivity contribution >= 4 is 47.4 Å². The number of imide groups is 1. The number of aryl methyl sites for hydroxylation is 1. The van der Waals surface area contributed by atoms with E-state index < -0.39 is 0 Å². The number of carbonyl (C=O) groups is 8. The molecule has 0 aromatic carbocycles. The minimum atomic E-state index is -0.304. The number of allylic oxidation sites excluding steroid dienone is 3. The van der Waals surface area contributed by atoms with Crippen molar-refractivity contribution in [1.82, 2.24) is 85.8 Å². The van der Waals surface area contributed by atoms with Crippen LogP contribution in [0.25, 0.3) is 0 Å². The number of urea groups is 1. The quantitative estimate of drug-likeness (QED) is 0.0302. The average molecular weight is 1960 g/mol. The maximum absolute atomic E-state index is 11.8. The minimum absolute atomic E-state index is 0.0209. The normalized spacial score (nSPS) is 13.8. The van der Waals surface area contributed by atoms with Crippen LogP contribution in [-0.2, 0) is 144 Å². The number of rotatable bonds is 76. The molecular formula is C99H167N17O23. The molecule has 40 heteroatoms. The number of hydrogen-bond acceptors (Lipinski definition) is 29. The number of aromatic nitrogens is 9. The monoisotopic (exact) mass is 1960 g/mol. The highest BCUT2D eigenvalue weighted by Crippen LogP contribution is 2.26. The zero-order valence-electron chi connectivity index (χ0n) is 85.6. The molecule has 0 unspecified atom stereocenters. The second kappa shape index (κ2) is 73.8. The van der Waals surface area contributed by atoms with Gasteiger partial charge in [0.1, 0.15) is 17.1 Å². The summed E-state index contributed by atoms with van der Waals surface area (Å²) in [7, 11) is 0. The molecule has 4 aliphatic heterocycles. The van der Waals surface area contributed by atoms with Gasteiger partial charge in [0.25, 0.3) is 29.5 Å². The fraction of sp³-hybridized carbons (Fsp3) is 0.717. The van der Waals surface area contributed by atoms with Crippen molar-refractivity contribution in [3.05, 3.63) is 121 Å². The van der Waals surface area contributed by atoms with E-state index in [1.54, 1.807) is 54.7 Å². The van der Waals surface area contributed by atoms with Crippen molar-refractivity contribution in [2.75, 3.05) is 231 Å². The van der Waals surface area contributed by atoms with Crippen molar-refractivity contribution in [3.8, 4) is 0 Å². The number of amides is 9. The Balaban J connectivity index is 0.000000400. The van der Waals surface area contributed by atoms with Gasteiger partial charge in [0.15, 0.2) is 0 Å². The largest absolute Gasteiger partial charge is 0.379 e. The molecule has 4 N–H and O–H groups in total. The summed E-state index contributed by atoms with van der Waals surface area (Å²) in [5, 5.41) is 36.1. The van der Waals surface area contributed by atoms with Crippen LogP contribution < -0.4 is 21.3 Å². The lowest BCUT2D eigenvalue weighted by molar-refractivity contribution is -0.138. The standard InChI is InChI=1S/C33H58N6O9.C27H45N5O6.C23H40N2O7.C16H24N4O/c1-29-7-8-31(40)39(29)28-30-27-38(37-36-30)12-14-43-16-18-45-20-22-47-24-26-48-25-23-46-21-19-44-17-15-42-13-11-35-32(41)34-10-6-5-9-33(2,3)4;1-23-7-8-26(34)32(23)22-24-21-31(30-29-24)12-14-36-16-18-38-20-19-37-17-15-35-13-9-25(33)28-11-6-5-10-27(2,3)4;1-23(2,3)9-4-5-10-24-20(26)8-12-29-14-16-31-18-19-32-17-15-30-13-11-25-21(27)6-7-22(25)28;1-13-7-8-15(21)20(13)12-14-11-19(18-17-14)10-6-5-9-16(2,3)4/h7-8,27H,1,5-6,9-26,28H2,2-4H3,(H2,34,35,41);7-8,21H,1,5-6,9-20,22H2,2-4H3,(H,28,33);6-7H,4-5,8-19H2,1-3H3,(H,24,26);7-8,11H,1,5-6,9-10,12H2,2-4H3. The van der Waals surface area contributed by atoms with Gasteiger partial charge in [-0.3, -0.25) is 43.1 Å². The fourth-order valence-electron chi connectivity index (χ4n) is 12.9. The van der Waals surface area contributed by atoms with Crippen molar-refractivity contribution in [3.63, 3.8) is 0 Å². The first-order valence-corrected chi connectivity index (χ1v) is 49.1. The number of nitrogens with one attached hydrogen (secondary N) is 4. The summed E-state index contributed by atoms with van der Waals surface area (Å²) in [5.41, 5.74) is 5.61. The van der Waals surface area contributed by atoms with Gasteiger partial charge in [-0.05, 0) is 91.3 Å². The molecule has 7 heterocycles. The second-order valence-electron chi connectivity index (χ2n) is 38.0. The first kappa shape index (κ1) is 122. The molecule has 40 nitrogen and oxygen atoms in total. The lowest BCUT2D eigenvalue weighted by Crippen LogP contribution is -2.37. The van der Waals surface area contributed by atoms with Crippen LogP contribution in [0.4, 0.5) is 4.79 Å². The Bertz CT molecular complexity index is 3990. The van der Waals surface area contributed by atoms with Gasteiger partial charge >= 0.3 is 6.03 Å². The molecule has 3 aromatic heterocycles. The van der Waals surface area contributed by atoms with Gasteiger partial charge < -0.3 is 107 Å². The maximum atomic E-state index is 11.8. The van der Waals surface area contributed by atoms with Crippen molar-refractivity contribution < 1.29 is 109 Å². The molecule has 0 fully saturated rings. The molecule has 139 heavy (non-hydrogen) atoms. The van der Waals surface area contributed by atoms with Crippen LogP contribution in [-0.4, -0.2) is 343 Å². The zero-order chi connectivity index (χ0) is 101. The number of unbranched alkanes of at least 4 members (excludes halogenated alkanes) is 4. The van der Waals surface area contributed by atoms with Gasteiger partial charge in [-0.2, -0.15) is 0 Å². The SMILES string of the molecule is C=C1C=CC(=O)N1Cc1cn(CCCCC(C)(C)C)nn1.C=C1C=CC(=O)N1Cc1cn(CCOCCOCCOCCOCCC(=O)NCCCCC(C)(C)C)nn1.C=C1C=CC(=O)N1Cc1cn(CCOCCOCCOCCOCCOCCOCCOCCNC(=O)NCCCCC(C)(C)C)nn1.CC(C)(C)CCCCNC(=O)CCOCCOCCOCCOCCN1C(=O)C=CC1=O. The summed E-state index contributed by atoms with van der Waals surface area (Å²) in [5.74, 6) is -0.795. The Hall–Kier alpha value is -9.24. The van der Waals surface area contributed by atoms with Gasteiger partial charge in [0.2, 0.25) is 11.8 Å². The van der Waals surface area contributed by atoms with Crippen molar-refractivity contribution in [2.45, 2.75) is 212 Å². The van der Waals surface area contributed by atoms with Crippen molar-refractivity contribution in [1.29, 1.82) is 0 Å². The van der Waals surface area contributed by atoms with E-state index >= 15 is 0 Å². The zero-order valence-corrected chi connectivity index (χ0v) is 85.6. The molecule has 3 aromatic rings. The molecule has 9 amide bonds. The lowest BCUT2D eigenvalue weighted by atomic mass is 9.90. The van der Waals surface area contributed by atoms with E-state index in [9.17, 15) is 38.4 Å². The van der Waals surface area contributed by atoms with Crippen molar-refractivity contribution in [2.24, 2.45) is 21.7 Å². The third kappa shape index (κ3) is 65.5. The average Bonchev–Trinajstić information content (AvgIpc) is 1.72. The molecule has 0 radical (unpaired) electrons. The molecule has 0 saturated heterocycles. The molecule has 0 saturated carbocycles. The Morgan fingerprint density at radius 3 is 0.777 bits per heavy atom. The van der Waals surface area contributed by atoms with E-state index in [1.165, 1.54) is 43.2 Å². The molecule has 786 valence electrons.